The van der Waals surface area contributed by atoms with Gasteiger partial charge in [-0.2, -0.15) is 0 Å². The van der Waals surface area contributed by atoms with E-state index in [1.807, 2.05) is 0 Å². The molecule has 0 saturated carbocycles. The number of hydrogen-bond donors (Lipinski definition) is 1. The van der Waals surface area contributed by atoms with Crippen LogP contribution >= 0.6 is 0 Å². The predicted molar refractivity (Wildman–Crippen MR) is 116 cm³/mol. The van der Waals surface area contributed by atoms with Gasteiger partial charge in [-0.05, 0) is 35.7 Å². The van der Waals surface area contributed by atoms with Crippen LogP contribution in [0.1, 0.15) is 18.4 Å². The van der Waals surface area contributed by atoms with Crippen LogP contribution < -0.4 is 0 Å². The summed E-state index contributed by atoms with van der Waals surface area (Å²) in [5.41, 5.74) is 0.545. The number of benzene rings is 3. The van der Waals surface area contributed by atoms with Crippen molar-refractivity contribution in [1.82, 2.24) is 0 Å². The maximum Gasteiger partial charge on any atom is 0.196 e. The molecule has 5 nitrogen and oxygen atoms in total. The molecule has 0 aromatic heterocycles. The summed E-state index contributed by atoms with van der Waals surface area (Å²) in [5, 5.41) is 9.90. The van der Waals surface area contributed by atoms with E-state index >= 15 is 0 Å². The first-order valence-corrected chi connectivity index (χ1v) is 12.6. The lowest BCUT2D eigenvalue weighted by Crippen LogP contribution is -2.40. The van der Waals surface area contributed by atoms with Crippen molar-refractivity contribution in [2.24, 2.45) is 5.92 Å². The fourth-order valence-electron chi connectivity index (χ4n) is 3.58. The monoisotopic (exact) mass is 444 g/mol. The fourth-order valence-corrected chi connectivity index (χ4v) is 8.82. The third kappa shape index (κ3) is 4.33. The van der Waals surface area contributed by atoms with Gasteiger partial charge in [0.1, 0.15) is 0 Å². The number of rotatable bonds is 8. The molecule has 7 heteroatoms. The van der Waals surface area contributed by atoms with Crippen LogP contribution in [0.4, 0.5) is 0 Å². The molecule has 0 aliphatic rings. The molecule has 0 aliphatic carbocycles. The van der Waals surface area contributed by atoms with Crippen molar-refractivity contribution < 1.29 is 21.9 Å². The Morgan fingerprint density at radius 2 is 1.03 bits per heavy atom. The van der Waals surface area contributed by atoms with Crippen LogP contribution in [0.5, 0.6) is 0 Å². The Hall–Kier alpha value is -2.48. The molecule has 3 aromatic carbocycles. The van der Waals surface area contributed by atoms with Crippen molar-refractivity contribution >= 4 is 19.7 Å². The van der Waals surface area contributed by atoms with Crippen LogP contribution in [0.2, 0.25) is 0 Å². The molecule has 30 heavy (non-hydrogen) atoms. The molecule has 1 unspecified atom stereocenters. The van der Waals surface area contributed by atoms with Gasteiger partial charge in [0.25, 0.3) is 0 Å². The molecule has 158 valence electrons. The minimum atomic E-state index is -4.31. The molecule has 0 bridgehead atoms. The first-order chi connectivity index (χ1) is 14.3. The lowest BCUT2D eigenvalue weighted by Gasteiger charge is -2.31. The van der Waals surface area contributed by atoms with Crippen LogP contribution in [0, 0.1) is 5.92 Å². The van der Waals surface area contributed by atoms with Crippen molar-refractivity contribution in [3.05, 3.63) is 96.6 Å². The highest BCUT2D eigenvalue weighted by molar-refractivity contribution is 8.09. The molecular formula is C23H24O5S2. The molecule has 0 spiro atoms. The Labute approximate surface area is 177 Å². The second kappa shape index (κ2) is 9.12. The average Bonchev–Trinajstić information content (AvgIpc) is 2.78. The lowest BCUT2D eigenvalue weighted by atomic mass is 9.89. The first kappa shape index (κ1) is 22.2. The van der Waals surface area contributed by atoms with E-state index in [9.17, 15) is 21.9 Å². The van der Waals surface area contributed by atoms with Crippen molar-refractivity contribution in [2.75, 3.05) is 6.61 Å². The number of sulfone groups is 2. The van der Waals surface area contributed by atoms with Crippen molar-refractivity contribution in [2.45, 2.75) is 27.2 Å². The van der Waals surface area contributed by atoms with E-state index in [0.29, 0.717) is 5.56 Å². The van der Waals surface area contributed by atoms with Crippen LogP contribution in [-0.4, -0.2) is 33.1 Å². The molecule has 0 saturated heterocycles. The molecule has 2 atom stereocenters. The third-order valence-corrected chi connectivity index (χ3v) is 10.3. The third-order valence-electron chi connectivity index (χ3n) is 5.13. The van der Waals surface area contributed by atoms with Gasteiger partial charge in [-0.3, -0.25) is 0 Å². The van der Waals surface area contributed by atoms with Gasteiger partial charge >= 0.3 is 0 Å². The van der Waals surface area contributed by atoms with E-state index in [4.69, 9.17) is 0 Å². The zero-order chi connectivity index (χ0) is 21.8. The average molecular weight is 445 g/mol. The van der Waals surface area contributed by atoms with Gasteiger partial charge in [-0.25, -0.2) is 16.8 Å². The van der Waals surface area contributed by atoms with Crippen LogP contribution in [-0.2, 0) is 19.7 Å². The SMILES string of the molecule is C[C@@H](CO)C(c1ccccc1)C(S(=O)(=O)c1ccccc1)S(=O)(=O)c1ccccc1. The highest BCUT2D eigenvalue weighted by atomic mass is 32.3. The summed E-state index contributed by atoms with van der Waals surface area (Å²) in [6.45, 7) is 1.30. The molecule has 0 radical (unpaired) electrons. The van der Waals surface area contributed by atoms with E-state index < -0.39 is 36.1 Å². The molecule has 3 aromatic rings. The van der Waals surface area contributed by atoms with Gasteiger partial charge in [0, 0.05) is 12.5 Å². The van der Waals surface area contributed by atoms with Gasteiger partial charge in [-0.15, -0.1) is 0 Å². The molecule has 0 heterocycles. The minimum absolute atomic E-state index is 0.0689. The second-order valence-electron chi connectivity index (χ2n) is 7.18. The Morgan fingerprint density at radius 3 is 1.40 bits per heavy atom. The predicted octanol–water partition coefficient (Wildman–Crippen LogP) is 3.67. The fraction of sp³-hybridized carbons (Fsp3) is 0.217. The number of aliphatic hydroxyl groups excluding tert-OH is 1. The molecule has 0 fully saturated rings. The zero-order valence-electron chi connectivity index (χ0n) is 16.5. The van der Waals surface area contributed by atoms with Gasteiger partial charge in [0.2, 0.25) is 0 Å². The Balaban J connectivity index is 2.32. The van der Waals surface area contributed by atoms with Gasteiger partial charge < -0.3 is 5.11 Å². The summed E-state index contributed by atoms with van der Waals surface area (Å²) in [4.78, 5) is -0.138. The maximum absolute atomic E-state index is 13.7. The van der Waals surface area contributed by atoms with Crippen LogP contribution in [0.3, 0.4) is 0 Å². The zero-order valence-corrected chi connectivity index (χ0v) is 18.1. The van der Waals surface area contributed by atoms with E-state index in [1.165, 1.54) is 24.3 Å². The highest BCUT2D eigenvalue weighted by Gasteiger charge is 2.47. The summed E-state index contributed by atoms with van der Waals surface area (Å²) in [6, 6.07) is 23.8. The standard InChI is InChI=1S/C23H24O5S2/c1-18(17-24)22(19-11-5-2-6-12-19)23(29(25,26)20-13-7-3-8-14-20)30(27,28)21-15-9-4-10-16-21/h2-16,18,22-24H,17H2,1H3/t18-,22?/m0/s1. The van der Waals surface area contributed by atoms with Crippen LogP contribution in [0.15, 0.2) is 101 Å². The summed E-state index contributed by atoms with van der Waals surface area (Å²) in [7, 11) is -8.62. The van der Waals surface area contributed by atoms with E-state index in [0.717, 1.165) is 0 Å². The summed E-state index contributed by atoms with van der Waals surface area (Å²) < 4.78 is 53.1. The molecule has 0 aliphatic heterocycles. The normalized spacial score (nSPS) is 14.4. The Bertz CT molecular complexity index is 1090. The second-order valence-corrected chi connectivity index (χ2v) is 11.6. The largest absolute Gasteiger partial charge is 0.396 e. The molecular weight excluding hydrogens is 420 g/mol. The van der Waals surface area contributed by atoms with Gasteiger partial charge in [0.15, 0.2) is 24.3 Å². The molecule has 0 amide bonds. The van der Waals surface area contributed by atoms with E-state index in [2.05, 4.69) is 0 Å². The summed E-state index contributed by atoms with van der Waals surface area (Å²) in [5.74, 6) is -1.58. The highest BCUT2D eigenvalue weighted by Crippen LogP contribution is 2.40. The van der Waals surface area contributed by atoms with Gasteiger partial charge in [0.05, 0.1) is 9.79 Å². The quantitative estimate of drug-likeness (QED) is 0.573. The molecule has 3 rings (SSSR count). The van der Waals surface area contributed by atoms with E-state index in [1.54, 1.807) is 73.7 Å². The Morgan fingerprint density at radius 1 is 0.667 bits per heavy atom. The topological polar surface area (TPSA) is 88.5 Å². The Kier molecular flexibility index (Phi) is 6.75. The summed E-state index contributed by atoms with van der Waals surface area (Å²) >= 11 is 0. The van der Waals surface area contributed by atoms with Crippen molar-refractivity contribution in [3.8, 4) is 0 Å². The smallest absolute Gasteiger partial charge is 0.196 e. The van der Waals surface area contributed by atoms with Crippen LogP contribution in [0.25, 0.3) is 0 Å². The first-order valence-electron chi connectivity index (χ1n) is 9.54. The van der Waals surface area contributed by atoms with Crippen molar-refractivity contribution in [1.29, 1.82) is 0 Å². The number of hydrogen-bond acceptors (Lipinski definition) is 5. The van der Waals surface area contributed by atoms with Crippen molar-refractivity contribution in [3.63, 3.8) is 0 Å². The number of aliphatic hydroxyl groups is 1. The minimum Gasteiger partial charge on any atom is -0.396 e. The molecule has 1 N–H and O–H groups in total. The lowest BCUT2D eigenvalue weighted by molar-refractivity contribution is 0.218. The van der Waals surface area contributed by atoms with E-state index in [-0.39, 0.29) is 16.4 Å². The summed E-state index contributed by atoms with van der Waals surface area (Å²) in [6.07, 6.45) is 0. The maximum atomic E-state index is 13.7. The van der Waals surface area contributed by atoms with Gasteiger partial charge in [-0.1, -0.05) is 73.7 Å².